The minimum atomic E-state index is -0.318. The van der Waals surface area contributed by atoms with Gasteiger partial charge in [-0.1, -0.05) is 30.3 Å². The third-order valence-electron chi connectivity index (χ3n) is 5.63. The van der Waals surface area contributed by atoms with E-state index in [9.17, 15) is 14.0 Å². The van der Waals surface area contributed by atoms with Crippen molar-refractivity contribution in [3.05, 3.63) is 70.9 Å². The van der Waals surface area contributed by atoms with Crippen molar-refractivity contribution in [1.29, 1.82) is 0 Å². The van der Waals surface area contributed by atoms with Gasteiger partial charge in [-0.05, 0) is 18.2 Å². The predicted molar refractivity (Wildman–Crippen MR) is 113 cm³/mol. The Labute approximate surface area is 171 Å². The van der Waals surface area contributed by atoms with Gasteiger partial charge in [-0.25, -0.2) is 9.07 Å². The van der Waals surface area contributed by atoms with E-state index in [1.54, 1.807) is 29.3 Å². The van der Waals surface area contributed by atoms with E-state index in [1.165, 1.54) is 10.7 Å². The Morgan fingerprint density at radius 3 is 2.53 bits per heavy atom. The number of halogens is 1. The number of nitrogens with zero attached hydrogens (tertiary/aromatic N) is 4. The van der Waals surface area contributed by atoms with Crippen LogP contribution in [0.4, 0.5) is 10.1 Å². The van der Waals surface area contributed by atoms with E-state index in [1.807, 2.05) is 29.2 Å². The van der Waals surface area contributed by atoms with Crippen molar-refractivity contribution in [2.24, 2.45) is 0 Å². The van der Waals surface area contributed by atoms with Gasteiger partial charge in [-0.15, -0.1) is 0 Å². The number of H-pyrrole nitrogens is 1. The summed E-state index contributed by atoms with van der Waals surface area (Å²) in [5.41, 5.74) is 1.54. The average molecular weight is 405 g/mol. The summed E-state index contributed by atoms with van der Waals surface area (Å²) in [5.74, 6) is -0.437. The molecule has 2 aromatic heterocycles. The van der Waals surface area contributed by atoms with Crippen LogP contribution in [0.1, 0.15) is 0 Å². The topological polar surface area (TPSA) is 74.2 Å². The smallest absolute Gasteiger partial charge is 0.291 e. The van der Waals surface area contributed by atoms with Crippen molar-refractivity contribution in [1.82, 2.24) is 19.7 Å². The van der Waals surface area contributed by atoms with Crippen molar-refractivity contribution in [2.45, 2.75) is 6.54 Å². The zero-order valence-corrected chi connectivity index (χ0v) is 16.2. The molecule has 3 heterocycles. The Kier molecular flexibility index (Phi) is 4.46. The standard InChI is InChI=1S/C22H20FN5O2/c23-17-6-2-4-8-19(17)26-9-11-27(12-10-26)20(29)14-28-22(30)21-16(13-24-28)15-5-1-3-7-18(15)25-21/h1-8,13,25H,9-12,14H2. The van der Waals surface area contributed by atoms with Crippen LogP contribution >= 0.6 is 0 Å². The molecule has 0 atom stereocenters. The molecule has 152 valence electrons. The van der Waals surface area contributed by atoms with Gasteiger partial charge in [0.15, 0.2) is 0 Å². The third-order valence-corrected chi connectivity index (χ3v) is 5.63. The normalized spacial score (nSPS) is 14.6. The van der Waals surface area contributed by atoms with Crippen LogP contribution in [0.25, 0.3) is 21.8 Å². The molecule has 0 radical (unpaired) electrons. The first-order valence-corrected chi connectivity index (χ1v) is 9.85. The first kappa shape index (κ1) is 18.4. The van der Waals surface area contributed by atoms with Gasteiger partial charge in [0, 0.05) is 42.5 Å². The second-order valence-corrected chi connectivity index (χ2v) is 7.39. The minimum Gasteiger partial charge on any atom is -0.366 e. The lowest BCUT2D eigenvalue weighted by Crippen LogP contribution is -2.50. The molecule has 1 amide bonds. The second-order valence-electron chi connectivity index (χ2n) is 7.39. The van der Waals surface area contributed by atoms with Crippen molar-refractivity contribution < 1.29 is 9.18 Å². The zero-order valence-electron chi connectivity index (χ0n) is 16.2. The lowest BCUT2D eigenvalue weighted by molar-refractivity contribution is -0.132. The number of nitrogens with one attached hydrogen (secondary N) is 1. The van der Waals surface area contributed by atoms with Crippen LogP contribution in [0.15, 0.2) is 59.5 Å². The molecule has 5 rings (SSSR count). The molecular formula is C22H20FN5O2. The number of hydrogen-bond donors (Lipinski definition) is 1. The van der Waals surface area contributed by atoms with E-state index in [0.717, 1.165) is 16.3 Å². The maximum absolute atomic E-state index is 14.0. The summed E-state index contributed by atoms with van der Waals surface area (Å²) >= 11 is 0. The summed E-state index contributed by atoms with van der Waals surface area (Å²) in [6.07, 6.45) is 1.62. The van der Waals surface area contributed by atoms with Gasteiger partial charge in [0.05, 0.1) is 11.9 Å². The largest absolute Gasteiger partial charge is 0.366 e. The average Bonchev–Trinajstić information content (AvgIpc) is 3.16. The molecule has 1 fully saturated rings. The number of piperazine rings is 1. The molecule has 0 aliphatic carbocycles. The Bertz CT molecular complexity index is 1300. The van der Waals surface area contributed by atoms with Crippen LogP contribution in [-0.2, 0) is 11.3 Å². The summed E-state index contributed by atoms with van der Waals surface area (Å²) in [5, 5.41) is 5.89. The van der Waals surface area contributed by atoms with Crippen LogP contribution in [0.2, 0.25) is 0 Å². The lowest BCUT2D eigenvalue weighted by Gasteiger charge is -2.36. The SMILES string of the molecule is O=C(Cn1ncc2c([nH]c3ccccc32)c1=O)N1CCN(c2ccccc2F)CC1. The van der Waals surface area contributed by atoms with E-state index < -0.39 is 0 Å². The molecule has 8 heteroatoms. The van der Waals surface area contributed by atoms with Crippen LogP contribution in [0.3, 0.4) is 0 Å². The van der Waals surface area contributed by atoms with Gasteiger partial charge in [0.2, 0.25) is 5.91 Å². The lowest BCUT2D eigenvalue weighted by atomic mass is 10.2. The first-order chi connectivity index (χ1) is 14.6. The summed E-state index contributed by atoms with van der Waals surface area (Å²) < 4.78 is 15.2. The Morgan fingerprint density at radius 2 is 1.73 bits per heavy atom. The molecule has 1 saturated heterocycles. The third kappa shape index (κ3) is 3.10. The number of para-hydroxylation sites is 2. The maximum Gasteiger partial charge on any atom is 0.291 e. The predicted octanol–water partition coefficient (Wildman–Crippen LogP) is 2.37. The quantitative estimate of drug-likeness (QED) is 0.568. The number of amides is 1. The minimum absolute atomic E-state index is 0.121. The molecule has 0 saturated carbocycles. The molecule has 30 heavy (non-hydrogen) atoms. The highest BCUT2D eigenvalue weighted by molar-refractivity contribution is 6.06. The molecule has 0 unspecified atom stereocenters. The maximum atomic E-state index is 14.0. The van der Waals surface area contributed by atoms with Crippen LogP contribution in [-0.4, -0.2) is 51.8 Å². The van der Waals surface area contributed by atoms with Crippen LogP contribution in [0.5, 0.6) is 0 Å². The monoisotopic (exact) mass is 405 g/mol. The molecule has 1 aliphatic heterocycles. The fourth-order valence-corrected chi connectivity index (χ4v) is 4.02. The summed E-state index contributed by atoms with van der Waals surface area (Å²) in [6.45, 7) is 1.89. The van der Waals surface area contributed by atoms with Crippen molar-refractivity contribution >= 4 is 33.4 Å². The number of hydrogen-bond acceptors (Lipinski definition) is 4. The van der Waals surface area contributed by atoms with E-state index in [4.69, 9.17) is 0 Å². The first-order valence-electron chi connectivity index (χ1n) is 9.85. The van der Waals surface area contributed by atoms with Gasteiger partial charge in [-0.2, -0.15) is 5.10 Å². The molecule has 4 aromatic rings. The van der Waals surface area contributed by atoms with Crippen LogP contribution < -0.4 is 10.5 Å². The molecule has 7 nitrogen and oxygen atoms in total. The van der Waals surface area contributed by atoms with Gasteiger partial charge in [0.1, 0.15) is 17.9 Å². The molecule has 2 aromatic carbocycles. The molecule has 1 aliphatic rings. The van der Waals surface area contributed by atoms with Gasteiger partial charge >= 0.3 is 0 Å². The summed E-state index contributed by atoms with van der Waals surface area (Å²) in [6, 6.07) is 14.3. The van der Waals surface area contributed by atoms with Gasteiger partial charge in [-0.3, -0.25) is 9.59 Å². The van der Waals surface area contributed by atoms with E-state index in [2.05, 4.69) is 10.1 Å². The van der Waals surface area contributed by atoms with Crippen molar-refractivity contribution in [3.63, 3.8) is 0 Å². The number of aromatic nitrogens is 3. The van der Waals surface area contributed by atoms with Crippen molar-refractivity contribution in [3.8, 4) is 0 Å². The highest BCUT2D eigenvalue weighted by atomic mass is 19.1. The Hall–Kier alpha value is -3.68. The van der Waals surface area contributed by atoms with Gasteiger partial charge < -0.3 is 14.8 Å². The molecule has 0 spiro atoms. The highest BCUT2D eigenvalue weighted by Gasteiger charge is 2.23. The Morgan fingerprint density at radius 1 is 1.00 bits per heavy atom. The summed E-state index contributed by atoms with van der Waals surface area (Å²) in [7, 11) is 0. The van der Waals surface area contributed by atoms with Crippen molar-refractivity contribution in [2.75, 3.05) is 31.1 Å². The van der Waals surface area contributed by atoms with E-state index in [0.29, 0.717) is 37.4 Å². The van der Waals surface area contributed by atoms with Gasteiger partial charge in [0.25, 0.3) is 5.56 Å². The Balaban J connectivity index is 1.32. The number of aromatic amines is 1. The number of anilines is 1. The fraction of sp³-hybridized carbons (Fsp3) is 0.227. The van der Waals surface area contributed by atoms with Crippen LogP contribution in [0, 0.1) is 5.82 Å². The number of rotatable bonds is 3. The molecule has 1 N–H and O–H groups in total. The number of carbonyl (C=O) groups is 1. The number of fused-ring (bicyclic) bond motifs is 3. The second kappa shape index (κ2) is 7.29. The zero-order chi connectivity index (χ0) is 20.7. The summed E-state index contributed by atoms with van der Waals surface area (Å²) in [4.78, 5) is 32.4. The van der Waals surface area contributed by atoms with E-state index >= 15 is 0 Å². The fourth-order valence-electron chi connectivity index (χ4n) is 4.02. The van der Waals surface area contributed by atoms with E-state index in [-0.39, 0.29) is 23.8 Å². The number of carbonyl (C=O) groups excluding carboxylic acids is 1. The highest BCUT2D eigenvalue weighted by Crippen LogP contribution is 2.22. The molecule has 0 bridgehead atoms. The molecular weight excluding hydrogens is 385 g/mol. The number of benzene rings is 2.